The van der Waals surface area contributed by atoms with E-state index in [1.807, 2.05) is 76.0 Å². The molecule has 0 bridgehead atoms. The van der Waals surface area contributed by atoms with E-state index in [1.54, 1.807) is 0 Å². The summed E-state index contributed by atoms with van der Waals surface area (Å²) in [5.41, 5.74) is 0. The summed E-state index contributed by atoms with van der Waals surface area (Å²) in [6.45, 7) is 0. The van der Waals surface area contributed by atoms with Crippen molar-refractivity contribution < 1.29 is 5.48 Å². The van der Waals surface area contributed by atoms with Gasteiger partial charge >= 0.3 is 0 Å². The topological polar surface area (TPSA) is 44.5 Å². The average Bonchev–Trinajstić information content (AvgIpc) is 2.49. The zero-order valence-electron chi connectivity index (χ0n) is 15.6. The Labute approximate surface area is 189 Å². The minimum absolute atomic E-state index is 0. The van der Waals surface area contributed by atoms with Crippen LogP contribution in [0.1, 0.15) is 0 Å². The van der Waals surface area contributed by atoms with E-state index < -0.39 is 0 Å². The van der Waals surface area contributed by atoms with Gasteiger partial charge in [-0.25, -0.2) is 0 Å². The second kappa shape index (κ2) is 17.0. The van der Waals surface area contributed by atoms with Crippen molar-refractivity contribution in [2.24, 2.45) is 0 Å². The summed E-state index contributed by atoms with van der Waals surface area (Å²) >= 11 is 20.3. The summed E-state index contributed by atoms with van der Waals surface area (Å²) in [7, 11) is 21.5. The van der Waals surface area contributed by atoms with E-state index in [2.05, 4.69) is 0 Å². The summed E-state index contributed by atoms with van der Waals surface area (Å²) in [5, 5.41) is 0. The third kappa shape index (κ3) is 18.1. The van der Waals surface area contributed by atoms with Crippen LogP contribution in [0.2, 0.25) is 0 Å². The van der Waals surface area contributed by atoms with E-state index in [0.717, 1.165) is 17.3 Å². The minimum atomic E-state index is 0. The molecule has 0 rings (SSSR count). The highest BCUT2D eigenvalue weighted by molar-refractivity contribution is 8.90. The van der Waals surface area contributed by atoms with Crippen molar-refractivity contribution in [1.82, 2.24) is 19.6 Å². The predicted octanol–water partition coefficient (Wildman–Crippen LogP) is 3.30. The van der Waals surface area contributed by atoms with Crippen molar-refractivity contribution in [1.29, 1.82) is 0 Å². The lowest BCUT2D eigenvalue weighted by Gasteiger charge is -2.15. The smallest absolute Gasteiger partial charge is 0.146 e. The van der Waals surface area contributed by atoms with E-state index in [1.165, 1.54) is 43.2 Å². The number of thiocarbonyl (C=S) groups is 4. The first kappa shape index (κ1) is 30.6. The van der Waals surface area contributed by atoms with Gasteiger partial charge in [0.25, 0.3) is 0 Å². The third-order valence-corrected chi connectivity index (χ3v) is 10.1. The van der Waals surface area contributed by atoms with E-state index in [-0.39, 0.29) is 5.48 Å². The molecule has 0 aromatic rings. The highest BCUT2D eigenvalue weighted by Gasteiger charge is 2.05. The zero-order chi connectivity index (χ0) is 19.4. The molecule has 0 aliphatic rings. The maximum atomic E-state index is 5.07. The molecule has 5 nitrogen and oxygen atoms in total. The average molecular weight is 499 g/mol. The molecule has 0 radical (unpaired) electrons. The number of hydrogen-bond acceptors (Lipinski definition) is 8. The van der Waals surface area contributed by atoms with Crippen LogP contribution in [0.5, 0.6) is 0 Å². The SMILES string of the molecule is CN(C)C(=S)SSC(=S)N(C)C.CN(C)C(=S)SSC(=S)N(C)C.O. The Hall–Kier alpha value is 0.920. The Morgan fingerprint density at radius 3 is 0.640 bits per heavy atom. The van der Waals surface area contributed by atoms with E-state index in [9.17, 15) is 0 Å². The normalized spacial score (nSPS) is 8.96. The molecule has 0 heterocycles. The summed E-state index contributed by atoms with van der Waals surface area (Å²) < 4.78 is 3.35. The summed E-state index contributed by atoms with van der Waals surface area (Å²) in [5.74, 6) is 0. The number of nitrogens with zero attached hydrogens (tertiary/aromatic N) is 4. The van der Waals surface area contributed by atoms with Gasteiger partial charge < -0.3 is 25.1 Å². The van der Waals surface area contributed by atoms with E-state index in [4.69, 9.17) is 48.9 Å². The Morgan fingerprint density at radius 2 is 0.560 bits per heavy atom. The van der Waals surface area contributed by atoms with E-state index >= 15 is 0 Å². The fourth-order valence-corrected chi connectivity index (χ4v) is 5.19. The van der Waals surface area contributed by atoms with Gasteiger partial charge in [-0.05, 0) is 43.2 Å². The molecule has 2 N–H and O–H groups in total. The molecule has 13 heteroatoms. The van der Waals surface area contributed by atoms with Crippen molar-refractivity contribution in [2.75, 3.05) is 56.4 Å². The highest BCUT2D eigenvalue weighted by atomic mass is 33.1. The van der Waals surface area contributed by atoms with Gasteiger partial charge in [0, 0.05) is 56.4 Å². The first-order chi connectivity index (χ1) is 10.9. The molecule has 0 amide bonds. The minimum Gasteiger partial charge on any atom is -0.412 e. The van der Waals surface area contributed by atoms with Crippen LogP contribution in [-0.2, 0) is 0 Å². The lowest BCUT2D eigenvalue weighted by atomic mass is 11.0. The fraction of sp³-hybridized carbons (Fsp3) is 0.667. The lowest BCUT2D eigenvalue weighted by molar-refractivity contribution is 0.647. The molecule has 0 atom stereocenters. The lowest BCUT2D eigenvalue weighted by Crippen LogP contribution is -2.18. The van der Waals surface area contributed by atoms with Crippen LogP contribution in [0, 0.1) is 0 Å². The van der Waals surface area contributed by atoms with E-state index in [0.29, 0.717) is 0 Å². The van der Waals surface area contributed by atoms with Crippen molar-refractivity contribution in [3.63, 3.8) is 0 Å². The fourth-order valence-electron chi connectivity index (χ4n) is 0.441. The van der Waals surface area contributed by atoms with Crippen molar-refractivity contribution in [3.05, 3.63) is 0 Å². The molecular weight excluding hydrogens is 473 g/mol. The molecular formula is C12H26N4OS8. The van der Waals surface area contributed by atoms with Crippen LogP contribution in [0.3, 0.4) is 0 Å². The zero-order valence-corrected chi connectivity index (χ0v) is 22.1. The second-order valence-corrected chi connectivity index (χ2v) is 11.8. The molecule has 0 unspecified atom stereocenters. The molecule has 0 aliphatic heterocycles. The van der Waals surface area contributed by atoms with Gasteiger partial charge in [-0.1, -0.05) is 48.9 Å². The van der Waals surface area contributed by atoms with Gasteiger partial charge in [-0.15, -0.1) is 0 Å². The van der Waals surface area contributed by atoms with Crippen LogP contribution in [0.25, 0.3) is 0 Å². The monoisotopic (exact) mass is 498 g/mol. The van der Waals surface area contributed by atoms with Crippen molar-refractivity contribution in [3.8, 4) is 0 Å². The van der Waals surface area contributed by atoms with Gasteiger partial charge in [0.05, 0.1) is 0 Å². The van der Waals surface area contributed by atoms with Crippen molar-refractivity contribution in [2.45, 2.75) is 0 Å². The van der Waals surface area contributed by atoms with Gasteiger partial charge in [0.2, 0.25) is 0 Å². The van der Waals surface area contributed by atoms with Gasteiger partial charge in [-0.2, -0.15) is 0 Å². The Bertz CT molecular complexity index is 363. The Morgan fingerprint density at radius 1 is 0.440 bits per heavy atom. The van der Waals surface area contributed by atoms with Crippen LogP contribution >= 0.6 is 92.0 Å². The first-order valence-corrected chi connectivity index (χ1v) is 12.4. The molecule has 0 saturated carbocycles. The van der Waals surface area contributed by atoms with Crippen LogP contribution in [-0.4, -0.2) is 98.7 Å². The van der Waals surface area contributed by atoms with Crippen LogP contribution in [0.15, 0.2) is 0 Å². The maximum Gasteiger partial charge on any atom is 0.146 e. The molecule has 0 spiro atoms. The standard InChI is InChI=1S/2C6H12N2S4.H2O/c2*1-7(2)5(9)11-12-6(10)8(3)4;/h2*1-4H3;1H2. The van der Waals surface area contributed by atoms with Gasteiger partial charge in [-0.3, -0.25) is 0 Å². The third-order valence-electron chi connectivity index (χ3n) is 1.83. The number of hydrogen-bond donors (Lipinski definition) is 0. The Kier molecular flexibility index (Phi) is 20.9. The molecule has 0 aromatic heterocycles. The molecule has 0 fully saturated rings. The van der Waals surface area contributed by atoms with Crippen molar-refractivity contribution >= 4 is 109 Å². The molecule has 0 aromatic carbocycles. The maximum absolute atomic E-state index is 5.07. The largest absolute Gasteiger partial charge is 0.412 e. The quantitative estimate of drug-likeness (QED) is 0.364. The predicted molar refractivity (Wildman–Crippen MR) is 139 cm³/mol. The first-order valence-electron chi connectivity index (χ1n) is 6.44. The Balaban J connectivity index is -0.000000372. The molecule has 25 heavy (non-hydrogen) atoms. The molecule has 0 aliphatic carbocycles. The van der Waals surface area contributed by atoms with Crippen LogP contribution in [0.4, 0.5) is 0 Å². The molecule has 148 valence electrons. The van der Waals surface area contributed by atoms with Gasteiger partial charge in [0.1, 0.15) is 17.3 Å². The second-order valence-electron chi connectivity index (χ2n) is 4.97. The summed E-state index contributed by atoms with van der Waals surface area (Å²) in [4.78, 5) is 7.58. The number of rotatable bonds is 0. The van der Waals surface area contributed by atoms with Gasteiger partial charge in [0.15, 0.2) is 0 Å². The molecule has 0 saturated heterocycles. The summed E-state index contributed by atoms with van der Waals surface area (Å²) in [6, 6.07) is 0. The highest BCUT2D eigenvalue weighted by Crippen LogP contribution is 2.27. The summed E-state index contributed by atoms with van der Waals surface area (Å²) in [6.07, 6.45) is 0. The van der Waals surface area contributed by atoms with Crippen LogP contribution < -0.4 is 0 Å².